The van der Waals surface area contributed by atoms with Gasteiger partial charge in [-0.1, -0.05) is 0 Å². The van der Waals surface area contributed by atoms with Crippen LogP contribution in [0.2, 0.25) is 0 Å². The maximum absolute atomic E-state index is 11.8. The first-order valence-corrected chi connectivity index (χ1v) is 6.43. The molecule has 100 valence electrons. The standard InChI is InChI=1S/C12H24N2O3/c1-10-9-11(3-5-13-10)12(16)14-4-2-7-17-8-6-15/h10-11,13,15H,2-9H2,1H3,(H,14,16). The van der Waals surface area contributed by atoms with Crippen molar-refractivity contribution in [2.24, 2.45) is 5.92 Å². The second-order valence-electron chi connectivity index (χ2n) is 4.56. The van der Waals surface area contributed by atoms with Gasteiger partial charge in [0.1, 0.15) is 0 Å². The lowest BCUT2D eigenvalue weighted by Gasteiger charge is -2.27. The number of amides is 1. The number of aliphatic hydroxyl groups is 1. The van der Waals surface area contributed by atoms with Crippen molar-refractivity contribution in [1.29, 1.82) is 0 Å². The van der Waals surface area contributed by atoms with Gasteiger partial charge < -0.3 is 20.5 Å². The largest absolute Gasteiger partial charge is 0.394 e. The number of hydrogen-bond acceptors (Lipinski definition) is 4. The highest BCUT2D eigenvalue weighted by Crippen LogP contribution is 2.15. The van der Waals surface area contributed by atoms with Crippen LogP contribution in [-0.2, 0) is 9.53 Å². The van der Waals surface area contributed by atoms with Gasteiger partial charge in [-0.2, -0.15) is 0 Å². The Hall–Kier alpha value is -0.650. The lowest BCUT2D eigenvalue weighted by molar-refractivity contribution is -0.126. The SMILES string of the molecule is CC1CC(C(=O)NCCCOCCO)CCN1. The molecule has 5 heteroatoms. The van der Waals surface area contributed by atoms with Crippen molar-refractivity contribution in [2.75, 3.05) is 32.9 Å². The average Bonchev–Trinajstić information content (AvgIpc) is 2.33. The molecule has 1 aliphatic heterocycles. The zero-order chi connectivity index (χ0) is 12.5. The molecule has 0 saturated carbocycles. The van der Waals surface area contributed by atoms with Crippen LogP contribution in [0.1, 0.15) is 26.2 Å². The zero-order valence-electron chi connectivity index (χ0n) is 10.6. The summed E-state index contributed by atoms with van der Waals surface area (Å²) < 4.78 is 5.12. The molecule has 0 aromatic rings. The fourth-order valence-electron chi connectivity index (χ4n) is 2.07. The molecule has 0 aromatic heterocycles. The molecule has 1 fully saturated rings. The molecule has 0 spiro atoms. The van der Waals surface area contributed by atoms with Crippen molar-refractivity contribution >= 4 is 5.91 Å². The minimum absolute atomic E-state index is 0.0549. The molecular formula is C12H24N2O3. The molecule has 2 atom stereocenters. The second kappa shape index (κ2) is 8.44. The summed E-state index contributed by atoms with van der Waals surface area (Å²) in [7, 11) is 0. The molecule has 1 aliphatic rings. The first-order chi connectivity index (χ1) is 8.24. The van der Waals surface area contributed by atoms with Crippen molar-refractivity contribution < 1.29 is 14.6 Å². The Morgan fingerprint density at radius 2 is 2.35 bits per heavy atom. The zero-order valence-corrected chi connectivity index (χ0v) is 10.6. The van der Waals surface area contributed by atoms with E-state index in [2.05, 4.69) is 17.6 Å². The predicted octanol–water partition coefficient (Wildman–Crippen LogP) is -0.110. The lowest BCUT2D eigenvalue weighted by Crippen LogP contribution is -2.42. The molecule has 3 N–H and O–H groups in total. The number of rotatable bonds is 7. The number of hydrogen-bond donors (Lipinski definition) is 3. The predicted molar refractivity (Wildman–Crippen MR) is 65.7 cm³/mol. The fourth-order valence-corrected chi connectivity index (χ4v) is 2.07. The van der Waals surface area contributed by atoms with Crippen molar-refractivity contribution in [3.63, 3.8) is 0 Å². The van der Waals surface area contributed by atoms with Crippen molar-refractivity contribution in [1.82, 2.24) is 10.6 Å². The van der Waals surface area contributed by atoms with Crippen molar-refractivity contribution in [2.45, 2.75) is 32.2 Å². The monoisotopic (exact) mass is 244 g/mol. The first kappa shape index (κ1) is 14.4. The normalized spacial score (nSPS) is 24.6. The number of piperidine rings is 1. The van der Waals surface area contributed by atoms with Gasteiger partial charge in [0.25, 0.3) is 0 Å². The summed E-state index contributed by atoms with van der Waals surface area (Å²) in [6, 6.07) is 0.437. The molecule has 17 heavy (non-hydrogen) atoms. The number of aliphatic hydroxyl groups excluding tert-OH is 1. The first-order valence-electron chi connectivity index (χ1n) is 6.43. The van der Waals surface area contributed by atoms with E-state index in [0.29, 0.717) is 25.8 Å². The maximum atomic E-state index is 11.8. The van der Waals surface area contributed by atoms with Gasteiger partial charge in [0.2, 0.25) is 5.91 Å². The number of carbonyl (C=O) groups is 1. The lowest BCUT2D eigenvalue weighted by atomic mass is 9.92. The quantitative estimate of drug-likeness (QED) is 0.547. The van der Waals surface area contributed by atoms with E-state index in [1.165, 1.54) is 0 Å². The molecule has 0 aromatic carbocycles. The van der Waals surface area contributed by atoms with E-state index in [1.807, 2.05) is 0 Å². The van der Waals surface area contributed by atoms with Gasteiger partial charge in [-0.05, 0) is 32.7 Å². The number of ether oxygens (including phenoxy) is 1. The summed E-state index contributed by atoms with van der Waals surface area (Å²) in [6.45, 7) is 4.71. The Morgan fingerprint density at radius 3 is 3.06 bits per heavy atom. The second-order valence-corrected chi connectivity index (χ2v) is 4.56. The minimum atomic E-state index is 0.0549. The molecule has 0 radical (unpaired) electrons. The summed E-state index contributed by atoms with van der Waals surface area (Å²) >= 11 is 0. The average molecular weight is 244 g/mol. The van der Waals surface area contributed by atoms with Crippen LogP contribution in [-0.4, -0.2) is 50.0 Å². The highest BCUT2D eigenvalue weighted by molar-refractivity contribution is 5.78. The molecule has 0 bridgehead atoms. The Morgan fingerprint density at radius 1 is 1.53 bits per heavy atom. The van der Waals surface area contributed by atoms with Crippen LogP contribution < -0.4 is 10.6 Å². The molecule has 1 rings (SSSR count). The van der Waals surface area contributed by atoms with E-state index >= 15 is 0 Å². The van der Waals surface area contributed by atoms with Gasteiger partial charge in [0.05, 0.1) is 13.2 Å². The number of carbonyl (C=O) groups excluding carboxylic acids is 1. The van der Waals surface area contributed by atoms with Gasteiger partial charge in [-0.3, -0.25) is 4.79 Å². The third-order valence-corrected chi connectivity index (χ3v) is 2.99. The highest BCUT2D eigenvalue weighted by Gasteiger charge is 2.23. The highest BCUT2D eigenvalue weighted by atomic mass is 16.5. The van der Waals surface area contributed by atoms with Crippen LogP contribution >= 0.6 is 0 Å². The molecule has 1 heterocycles. The van der Waals surface area contributed by atoms with Gasteiger partial charge in [0, 0.05) is 25.1 Å². The van der Waals surface area contributed by atoms with Crippen molar-refractivity contribution in [3.8, 4) is 0 Å². The number of nitrogens with one attached hydrogen (secondary N) is 2. The van der Waals surface area contributed by atoms with Crippen LogP contribution in [0.5, 0.6) is 0 Å². The topological polar surface area (TPSA) is 70.6 Å². The van der Waals surface area contributed by atoms with E-state index in [-0.39, 0.29) is 18.4 Å². The summed E-state index contributed by atoms with van der Waals surface area (Å²) in [5, 5.41) is 14.8. The van der Waals surface area contributed by atoms with Gasteiger partial charge >= 0.3 is 0 Å². The van der Waals surface area contributed by atoms with Crippen molar-refractivity contribution in [3.05, 3.63) is 0 Å². The van der Waals surface area contributed by atoms with E-state index in [9.17, 15) is 4.79 Å². The fraction of sp³-hybridized carbons (Fsp3) is 0.917. The third kappa shape index (κ3) is 6.00. The van der Waals surface area contributed by atoms with E-state index in [4.69, 9.17) is 9.84 Å². The molecular weight excluding hydrogens is 220 g/mol. The van der Waals surface area contributed by atoms with Crippen LogP contribution in [0.15, 0.2) is 0 Å². The summed E-state index contributed by atoms with van der Waals surface area (Å²) in [4.78, 5) is 11.8. The maximum Gasteiger partial charge on any atom is 0.223 e. The summed E-state index contributed by atoms with van der Waals surface area (Å²) in [5.74, 6) is 0.324. The van der Waals surface area contributed by atoms with Crippen LogP contribution in [0.4, 0.5) is 0 Å². The third-order valence-electron chi connectivity index (χ3n) is 2.99. The van der Waals surface area contributed by atoms with Gasteiger partial charge in [-0.25, -0.2) is 0 Å². The molecule has 2 unspecified atom stereocenters. The van der Waals surface area contributed by atoms with Crippen LogP contribution in [0.3, 0.4) is 0 Å². The van der Waals surface area contributed by atoms with Gasteiger partial charge in [0.15, 0.2) is 0 Å². The Balaban J connectivity index is 2.04. The molecule has 0 aliphatic carbocycles. The van der Waals surface area contributed by atoms with Crippen LogP contribution in [0, 0.1) is 5.92 Å². The van der Waals surface area contributed by atoms with Gasteiger partial charge in [-0.15, -0.1) is 0 Å². The Bertz CT molecular complexity index is 224. The smallest absolute Gasteiger partial charge is 0.223 e. The minimum Gasteiger partial charge on any atom is -0.394 e. The molecule has 1 saturated heterocycles. The Labute approximate surface area is 103 Å². The van der Waals surface area contributed by atoms with E-state index in [0.717, 1.165) is 25.8 Å². The Kier molecular flexibility index (Phi) is 7.16. The van der Waals surface area contributed by atoms with E-state index in [1.54, 1.807) is 0 Å². The molecule has 5 nitrogen and oxygen atoms in total. The van der Waals surface area contributed by atoms with Crippen LogP contribution in [0.25, 0.3) is 0 Å². The summed E-state index contributed by atoms with van der Waals surface area (Å²) in [6.07, 6.45) is 2.65. The van der Waals surface area contributed by atoms with E-state index < -0.39 is 0 Å². The molecule has 1 amide bonds. The summed E-state index contributed by atoms with van der Waals surface area (Å²) in [5.41, 5.74) is 0.